The number of hydrogen-bond acceptors (Lipinski definition) is 5. The number of likely N-dealkylation sites (N-methyl/N-ethyl adjacent to an activating group) is 1. The molecule has 0 bridgehead atoms. The molecule has 0 radical (unpaired) electrons. The minimum atomic E-state index is -3.63. The van der Waals surface area contributed by atoms with Crippen molar-refractivity contribution in [2.75, 3.05) is 13.6 Å². The van der Waals surface area contributed by atoms with Crippen molar-refractivity contribution in [2.24, 2.45) is 0 Å². The first-order valence-electron chi connectivity index (χ1n) is 11.6. The van der Waals surface area contributed by atoms with E-state index in [4.69, 9.17) is 0 Å². The van der Waals surface area contributed by atoms with Gasteiger partial charge in [0.2, 0.25) is 15.9 Å². The zero-order chi connectivity index (χ0) is 22.9. The van der Waals surface area contributed by atoms with Crippen LogP contribution in [0.2, 0.25) is 0 Å². The van der Waals surface area contributed by atoms with Gasteiger partial charge in [-0.15, -0.1) is 0 Å². The standard InChI is InChI=1S/C23H32N4O4S/c1-17-8-6-7-13-27(17)32(30,31)20-11-12-21-18(14-20)15-24-23(29)26(21)16-22(28)25(2)19-9-4-3-5-10-19/h11-12,14-15,17,19H,3-10,13,16H2,1-2H3/t17-/m1/s1. The molecule has 1 saturated heterocycles. The highest BCUT2D eigenvalue weighted by Crippen LogP contribution is 2.27. The summed E-state index contributed by atoms with van der Waals surface area (Å²) in [7, 11) is -1.84. The number of nitrogens with zero attached hydrogens (tertiary/aromatic N) is 4. The number of carbonyl (C=O) groups excluding carboxylic acids is 1. The predicted octanol–water partition coefficient (Wildman–Crippen LogP) is 2.75. The number of carbonyl (C=O) groups is 1. The maximum absolute atomic E-state index is 13.2. The molecular formula is C23H32N4O4S. The molecule has 32 heavy (non-hydrogen) atoms. The summed E-state index contributed by atoms with van der Waals surface area (Å²) in [5.74, 6) is -0.132. The van der Waals surface area contributed by atoms with E-state index >= 15 is 0 Å². The van der Waals surface area contributed by atoms with Crippen LogP contribution in [-0.2, 0) is 21.4 Å². The summed E-state index contributed by atoms with van der Waals surface area (Å²) >= 11 is 0. The summed E-state index contributed by atoms with van der Waals surface area (Å²) in [5.41, 5.74) is 0.00388. The molecule has 1 aromatic heterocycles. The van der Waals surface area contributed by atoms with E-state index in [1.807, 2.05) is 6.92 Å². The Hall–Kier alpha value is -2.26. The fourth-order valence-corrected chi connectivity index (χ4v) is 6.71. The normalized spacial score (nSPS) is 21.0. The van der Waals surface area contributed by atoms with E-state index in [0.717, 1.165) is 44.9 Å². The zero-order valence-corrected chi connectivity index (χ0v) is 19.7. The molecule has 9 heteroatoms. The Morgan fingerprint density at radius 2 is 1.84 bits per heavy atom. The summed E-state index contributed by atoms with van der Waals surface area (Å²) in [5, 5.41) is 0.531. The molecule has 1 aliphatic heterocycles. The fraction of sp³-hybridized carbons (Fsp3) is 0.609. The number of piperidine rings is 1. The summed E-state index contributed by atoms with van der Waals surface area (Å²) < 4.78 is 29.3. The van der Waals surface area contributed by atoms with E-state index in [0.29, 0.717) is 17.4 Å². The highest BCUT2D eigenvalue weighted by Gasteiger charge is 2.31. The van der Waals surface area contributed by atoms with Crippen LogP contribution in [-0.4, -0.2) is 58.8 Å². The van der Waals surface area contributed by atoms with E-state index < -0.39 is 15.7 Å². The third-order valence-electron chi connectivity index (χ3n) is 6.99. The molecule has 1 saturated carbocycles. The number of rotatable bonds is 5. The first-order chi connectivity index (χ1) is 15.3. The molecule has 2 aliphatic rings. The van der Waals surface area contributed by atoms with E-state index in [9.17, 15) is 18.0 Å². The summed E-state index contributed by atoms with van der Waals surface area (Å²) in [6.07, 6.45) is 9.54. The van der Waals surface area contributed by atoms with Crippen molar-refractivity contribution in [3.63, 3.8) is 0 Å². The van der Waals surface area contributed by atoms with Gasteiger partial charge in [-0.05, 0) is 50.8 Å². The monoisotopic (exact) mass is 460 g/mol. The molecule has 2 aromatic rings. The summed E-state index contributed by atoms with van der Waals surface area (Å²) in [6.45, 7) is 2.35. The number of fused-ring (bicyclic) bond motifs is 1. The Kier molecular flexibility index (Phi) is 6.67. The molecule has 4 rings (SSSR count). The van der Waals surface area contributed by atoms with Crippen molar-refractivity contribution >= 4 is 26.8 Å². The van der Waals surface area contributed by atoms with Crippen molar-refractivity contribution in [3.8, 4) is 0 Å². The minimum Gasteiger partial charge on any atom is -0.341 e. The van der Waals surface area contributed by atoms with E-state index in [2.05, 4.69) is 4.98 Å². The number of benzene rings is 1. The lowest BCUT2D eigenvalue weighted by molar-refractivity contribution is -0.133. The van der Waals surface area contributed by atoms with Crippen LogP contribution in [0.3, 0.4) is 0 Å². The maximum Gasteiger partial charge on any atom is 0.348 e. The van der Waals surface area contributed by atoms with Gasteiger partial charge in [0.25, 0.3) is 0 Å². The van der Waals surface area contributed by atoms with Gasteiger partial charge in [0.1, 0.15) is 6.54 Å². The van der Waals surface area contributed by atoms with Crippen molar-refractivity contribution in [1.82, 2.24) is 18.8 Å². The van der Waals surface area contributed by atoms with Gasteiger partial charge in [-0.25, -0.2) is 18.2 Å². The average Bonchev–Trinajstić information content (AvgIpc) is 2.80. The molecule has 1 amide bonds. The highest BCUT2D eigenvalue weighted by molar-refractivity contribution is 7.89. The van der Waals surface area contributed by atoms with E-state index in [1.165, 1.54) is 23.3 Å². The van der Waals surface area contributed by atoms with Gasteiger partial charge in [-0.1, -0.05) is 25.7 Å². The van der Waals surface area contributed by atoms with Crippen molar-refractivity contribution < 1.29 is 13.2 Å². The van der Waals surface area contributed by atoms with Gasteiger partial charge in [-0.3, -0.25) is 9.36 Å². The quantitative estimate of drug-likeness (QED) is 0.684. The predicted molar refractivity (Wildman–Crippen MR) is 123 cm³/mol. The van der Waals surface area contributed by atoms with Gasteiger partial charge in [0, 0.05) is 37.3 Å². The van der Waals surface area contributed by atoms with Crippen LogP contribution in [0.15, 0.2) is 34.1 Å². The number of aromatic nitrogens is 2. The minimum absolute atomic E-state index is 0.0375. The molecule has 2 heterocycles. The lowest BCUT2D eigenvalue weighted by Gasteiger charge is -2.32. The van der Waals surface area contributed by atoms with Crippen LogP contribution in [0.4, 0.5) is 0 Å². The summed E-state index contributed by atoms with van der Waals surface area (Å²) in [6, 6.07) is 4.88. The molecule has 1 atom stereocenters. The second kappa shape index (κ2) is 9.31. The van der Waals surface area contributed by atoms with Crippen LogP contribution in [0.5, 0.6) is 0 Å². The molecule has 8 nitrogen and oxygen atoms in total. The number of hydrogen-bond donors (Lipinski definition) is 0. The largest absolute Gasteiger partial charge is 0.348 e. The van der Waals surface area contributed by atoms with Crippen molar-refractivity contribution in [1.29, 1.82) is 0 Å². The highest BCUT2D eigenvalue weighted by atomic mass is 32.2. The molecule has 1 aliphatic carbocycles. The lowest BCUT2D eigenvalue weighted by Crippen LogP contribution is -2.42. The second-order valence-electron chi connectivity index (χ2n) is 9.10. The molecule has 0 N–H and O–H groups in total. The van der Waals surface area contributed by atoms with Gasteiger partial charge in [-0.2, -0.15) is 4.31 Å². The lowest BCUT2D eigenvalue weighted by atomic mass is 9.94. The zero-order valence-electron chi connectivity index (χ0n) is 18.9. The van der Waals surface area contributed by atoms with Crippen LogP contribution in [0.1, 0.15) is 58.3 Å². The Morgan fingerprint density at radius 3 is 2.56 bits per heavy atom. The topological polar surface area (TPSA) is 92.6 Å². The molecular weight excluding hydrogens is 428 g/mol. The third kappa shape index (κ3) is 4.45. The van der Waals surface area contributed by atoms with Gasteiger partial charge >= 0.3 is 5.69 Å². The Bertz CT molecular complexity index is 1150. The van der Waals surface area contributed by atoms with Crippen LogP contribution >= 0.6 is 0 Å². The van der Waals surface area contributed by atoms with Crippen LogP contribution in [0, 0.1) is 0 Å². The van der Waals surface area contributed by atoms with Gasteiger partial charge < -0.3 is 4.90 Å². The maximum atomic E-state index is 13.2. The first kappa shape index (κ1) is 22.9. The third-order valence-corrected chi connectivity index (χ3v) is 9.00. The summed E-state index contributed by atoms with van der Waals surface area (Å²) in [4.78, 5) is 31.3. The Morgan fingerprint density at radius 1 is 1.12 bits per heavy atom. The molecule has 0 unspecified atom stereocenters. The van der Waals surface area contributed by atoms with Crippen molar-refractivity contribution in [2.45, 2.75) is 81.8 Å². The molecule has 1 aromatic carbocycles. The fourth-order valence-electron chi connectivity index (χ4n) is 4.98. The number of sulfonamides is 1. The smallest absolute Gasteiger partial charge is 0.341 e. The van der Waals surface area contributed by atoms with Gasteiger partial charge in [0.05, 0.1) is 10.4 Å². The van der Waals surface area contributed by atoms with Crippen LogP contribution < -0.4 is 5.69 Å². The van der Waals surface area contributed by atoms with Crippen LogP contribution in [0.25, 0.3) is 10.9 Å². The first-order valence-corrected chi connectivity index (χ1v) is 13.0. The SMILES string of the molecule is C[C@@H]1CCCCN1S(=O)(=O)c1ccc2c(cnc(=O)n2CC(=O)N(C)C2CCCCC2)c1. The Labute approximate surface area is 189 Å². The molecule has 0 spiro atoms. The average molecular weight is 461 g/mol. The van der Waals surface area contributed by atoms with Gasteiger partial charge in [0.15, 0.2) is 0 Å². The second-order valence-corrected chi connectivity index (χ2v) is 11.0. The molecule has 174 valence electrons. The van der Waals surface area contributed by atoms with E-state index in [-0.39, 0.29) is 29.4 Å². The van der Waals surface area contributed by atoms with E-state index in [1.54, 1.807) is 28.4 Å². The van der Waals surface area contributed by atoms with Crippen molar-refractivity contribution in [3.05, 3.63) is 34.9 Å². The number of amides is 1. The molecule has 2 fully saturated rings. The Balaban J connectivity index is 1.63.